The molecule has 0 aliphatic heterocycles. The Morgan fingerprint density at radius 1 is 1.38 bits per heavy atom. The number of nitrogens with one attached hydrogen (secondary N) is 1. The molecule has 1 aromatic carbocycles. The van der Waals surface area contributed by atoms with Crippen molar-refractivity contribution in [3.63, 3.8) is 0 Å². The number of rotatable bonds is 5. The monoisotopic (exact) mass is 238 g/mol. The predicted molar refractivity (Wildman–Crippen MR) is 65.3 cm³/mol. The molecular formula is C12H15FN2S. The van der Waals surface area contributed by atoms with Gasteiger partial charge in [-0.25, -0.2) is 4.39 Å². The molecule has 0 bridgehead atoms. The van der Waals surface area contributed by atoms with Crippen LogP contribution in [0.4, 0.5) is 4.39 Å². The zero-order chi connectivity index (χ0) is 11.6. The van der Waals surface area contributed by atoms with Gasteiger partial charge in [0.1, 0.15) is 5.82 Å². The van der Waals surface area contributed by atoms with Gasteiger partial charge >= 0.3 is 0 Å². The molecule has 0 spiro atoms. The molecule has 2 rings (SSSR count). The van der Waals surface area contributed by atoms with Gasteiger partial charge in [-0.1, -0.05) is 0 Å². The number of halogens is 1. The van der Waals surface area contributed by atoms with Gasteiger partial charge in [0.05, 0.1) is 5.84 Å². The van der Waals surface area contributed by atoms with E-state index in [-0.39, 0.29) is 17.1 Å². The molecule has 16 heavy (non-hydrogen) atoms. The van der Waals surface area contributed by atoms with Crippen LogP contribution >= 0.6 is 11.8 Å². The van der Waals surface area contributed by atoms with Crippen LogP contribution in [0.25, 0.3) is 0 Å². The third kappa shape index (κ3) is 2.98. The molecule has 1 fully saturated rings. The fourth-order valence-electron chi connectivity index (χ4n) is 1.72. The van der Waals surface area contributed by atoms with E-state index in [9.17, 15) is 4.39 Å². The van der Waals surface area contributed by atoms with Gasteiger partial charge < -0.3 is 5.73 Å². The molecule has 0 heterocycles. The smallest absolute Gasteiger partial charge is 0.123 e. The average Bonchev–Trinajstić information content (AvgIpc) is 2.97. The first-order valence-electron chi connectivity index (χ1n) is 5.31. The average molecular weight is 238 g/mol. The van der Waals surface area contributed by atoms with E-state index in [1.54, 1.807) is 23.9 Å². The number of amidine groups is 1. The molecule has 1 aliphatic rings. The second-order valence-electron chi connectivity index (χ2n) is 4.44. The lowest BCUT2D eigenvalue weighted by Crippen LogP contribution is -2.18. The van der Waals surface area contributed by atoms with Crippen LogP contribution in [0.1, 0.15) is 19.3 Å². The summed E-state index contributed by atoms with van der Waals surface area (Å²) in [5, 5.41) is 7.32. The van der Waals surface area contributed by atoms with E-state index in [0.717, 1.165) is 23.5 Å². The van der Waals surface area contributed by atoms with E-state index in [4.69, 9.17) is 11.1 Å². The van der Waals surface area contributed by atoms with Gasteiger partial charge in [0, 0.05) is 17.1 Å². The van der Waals surface area contributed by atoms with Crippen LogP contribution in [0.3, 0.4) is 0 Å². The van der Waals surface area contributed by atoms with Crippen LogP contribution in [-0.2, 0) is 0 Å². The standard InChI is InChI=1S/C12H15FN2S/c13-9-1-3-10(4-2-9)16-8-12(5-6-12)7-11(14)15/h1-4H,5-8H2,(H3,14,15). The molecular weight excluding hydrogens is 223 g/mol. The second kappa shape index (κ2) is 4.45. The minimum atomic E-state index is -0.200. The highest BCUT2D eigenvalue weighted by Gasteiger charge is 2.42. The molecule has 4 heteroatoms. The summed E-state index contributed by atoms with van der Waals surface area (Å²) >= 11 is 1.72. The summed E-state index contributed by atoms with van der Waals surface area (Å²) in [5.41, 5.74) is 5.67. The van der Waals surface area contributed by atoms with Gasteiger partial charge in [0.15, 0.2) is 0 Å². The Bertz CT molecular complexity index is 385. The van der Waals surface area contributed by atoms with Crippen molar-refractivity contribution >= 4 is 17.6 Å². The first-order valence-corrected chi connectivity index (χ1v) is 6.30. The molecule has 0 unspecified atom stereocenters. The molecule has 2 nitrogen and oxygen atoms in total. The van der Waals surface area contributed by atoms with Gasteiger partial charge in [-0.3, -0.25) is 5.41 Å². The highest BCUT2D eigenvalue weighted by molar-refractivity contribution is 7.99. The zero-order valence-electron chi connectivity index (χ0n) is 9.00. The highest BCUT2D eigenvalue weighted by atomic mass is 32.2. The maximum absolute atomic E-state index is 12.7. The largest absolute Gasteiger partial charge is 0.388 e. The van der Waals surface area contributed by atoms with E-state index in [2.05, 4.69) is 0 Å². The van der Waals surface area contributed by atoms with E-state index >= 15 is 0 Å². The Labute approximate surface area is 98.9 Å². The molecule has 0 amide bonds. The lowest BCUT2D eigenvalue weighted by atomic mass is 10.1. The first kappa shape index (κ1) is 11.5. The highest BCUT2D eigenvalue weighted by Crippen LogP contribution is 2.51. The van der Waals surface area contributed by atoms with Crippen molar-refractivity contribution in [2.45, 2.75) is 24.2 Å². The number of benzene rings is 1. The maximum atomic E-state index is 12.7. The molecule has 0 saturated heterocycles. The van der Waals surface area contributed by atoms with Crippen LogP contribution in [-0.4, -0.2) is 11.6 Å². The fraction of sp³-hybridized carbons (Fsp3) is 0.417. The Kier molecular flexibility index (Phi) is 3.19. The van der Waals surface area contributed by atoms with E-state index in [1.807, 2.05) is 0 Å². The van der Waals surface area contributed by atoms with Gasteiger partial charge in [0.2, 0.25) is 0 Å². The minimum Gasteiger partial charge on any atom is -0.388 e. The summed E-state index contributed by atoms with van der Waals surface area (Å²) in [7, 11) is 0. The first-order chi connectivity index (χ1) is 7.60. The zero-order valence-corrected chi connectivity index (χ0v) is 9.82. The molecule has 0 aromatic heterocycles. The van der Waals surface area contributed by atoms with Crippen molar-refractivity contribution in [1.82, 2.24) is 0 Å². The predicted octanol–water partition coefficient (Wildman–Crippen LogP) is 3.02. The Morgan fingerprint density at radius 2 is 2.00 bits per heavy atom. The second-order valence-corrected chi connectivity index (χ2v) is 5.49. The minimum absolute atomic E-state index is 0.200. The van der Waals surface area contributed by atoms with E-state index in [0.29, 0.717) is 6.42 Å². The Morgan fingerprint density at radius 3 is 2.50 bits per heavy atom. The molecule has 0 radical (unpaired) electrons. The topological polar surface area (TPSA) is 49.9 Å². The lowest BCUT2D eigenvalue weighted by molar-refractivity contribution is 0.611. The van der Waals surface area contributed by atoms with Crippen LogP contribution in [0.2, 0.25) is 0 Å². The summed E-state index contributed by atoms with van der Waals surface area (Å²) in [6.07, 6.45) is 3.00. The third-order valence-corrected chi connectivity index (χ3v) is 4.24. The maximum Gasteiger partial charge on any atom is 0.123 e. The molecule has 3 N–H and O–H groups in total. The SMILES string of the molecule is N=C(N)CC1(CSc2ccc(F)cc2)CC1. The van der Waals surface area contributed by atoms with Crippen molar-refractivity contribution in [2.75, 3.05) is 5.75 Å². The van der Waals surface area contributed by atoms with Gasteiger partial charge in [-0.2, -0.15) is 0 Å². The molecule has 1 aromatic rings. The lowest BCUT2D eigenvalue weighted by Gasteiger charge is -2.13. The van der Waals surface area contributed by atoms with Crippen molar-refractivity contribution in [1.29, 1.82) is 5.41 Å². The van der Waals surface area contributed by atoms with Crippen LogP contribution in [0.15, 0.2) is 29.2 Å². The van der Waals surface area contributed by atoms with Crippen molar-refractivity contribution < 1.29 is 4.39 Å². The van der Waals surface area contributed by atoms with Crippen molar-refractivity contribution in [2.24, 2.45) is 11.1 Å². The van der Waals surface area contributed by atoms with E-state index in [1.165, 1.54) is 12.1 Å². The number of nitrogens with two attached hydrogens (primary N) is 1. The van der Waals surface area contributed by atoms with Gasteiger partial charge in [0.25, 0.3) is 0 Å². The van der Waals surface area contributed by atoms with Crippen molar-refractivity contribution in [3.05, 3.63) is 30.1 Å². The quantitative estimate of drug-likeness (QED) is 0.470. The third-order valence-electron chi connectivity index (χ3n) is 2.88. The summed E-state index contributed by atoms with van der Waals surface area (Å²) < 4.78 is 12.7. The molecule has 0 atom stereocenters. The van der Waals surface area contributed by atoms with Gasteiger partial charge in [-0.05, 0) is 42.5 Å². The summed E-state index contributed by atoms with van der Waals surface area (Å²) in [5.74, 6) is 1.05. The number of hydrogen-bond acceptors (Lipinski definition) is 2. The van der Waals surface area contributed by atoms with Crippen LogP contribution in [0, 0.1) is 16.6 Å². The number of thioether (sulfide) groups is 1. The van der Waals surface area contributed by atoms with Crippen molar-refractivity contribution in [3.8, 4) is 0 Å². The molecule has 1 aliphatic carbocycles. The number of hydrogen-bond donors (Lipinski definition) is 2. The fourth-order valence-corrected chi connectivity index (χ4v) is 2.91. The Hall–Kier alpha value is -1.03. The summed E-state index contributed by atoms with van der Waals surface area (Å²) in [6, 6.07) is 6.55. The molecule has 86 valence electrons. The van der Waals surface area contributed by atoms with Crippen LogP contribution < -0.4 is 5.73 Å². The Balaban J connectivity index is 1.87. The summed E-state index contributed by atoms with van der Waals surface area (Å²) in [4.78, 5) is 1.08. The normalized spacial score (nSPS) is 17.1. The van der Waals surface area contributed by atoms with Gasteiger partial charge in [-0.15, -0.1) is 11.8 Å². The summed E-state index contributed by atoms with van der Waals surface area (Å²) in [6.45, 7) is 0. The molecule has 1 saturated carbocycles. The van der Waals surface area contributed by atoms with Crippen LogP contribution in [0.5, 0.6) is 0 Å². The van der Waals surface area contributed by atoms with E-state index < -0.39 is 0 Å².